The Balaban J connectivity index is 2.01. The molecule has 3 heteroatoms. The molecule has 0 amide bonds. The predicted molar refractivity (Wildman–Crippen MR) is 36.5 cm³/mol. The Bertz CT molecular complexity index is 106. The molecular formula is C6H12N2O. The van der Waals surface area contributed by atoms with Gasteiger partial charge in [0.25, 0.3) is 0 Å². The van der Waals surface area contributed by atoms with E-state index in [-0.39, 0.29) is 0 Å². The summed E-state index contributed by atoms with van der Waals surface area (Å²) in [4.78, 5) is 0. The van der Waals surface area contributed by atoms with Crippen LogP contribution >= 0.6 is 0 Å². The van der Waals surface area contributed by atoms with Crippen LogP contribution in [0.25, 0.3) is 0 Å². The number of hydrogen-bond donors (Lipinski definition) is 1. The van der Waals surface area contributed by atoms with Crippen LogP contribution in [0.15, 0.2) is 5.10 Å². The van der Waals surface area contributed by atoms with Crippen molar-refractivity contribution in [2.75, 3.05) is 19.8 Å². The lowest BCUT2D eigenvalue weighted by Crippen LogP contribution is -2.30. The van der Waals surface area contributed by atoms with E-state index < -0.39 is 0 Å². The van der Waals surface area contributed by atoms with Crippen molar-refractivity contribution in [2.24, 2.45) is 5.10 Å². The van der Waals surface area contributed by atoms with Crippen LogP contribution in [-0.2, 0) is 4.74 Å². The summed E-state index contributed by atoms with van der Waals surface area (Å²) >= 11 is 0. The molecule has 52 valence electrons. The fourth-order valence-electron chi connectivity index (χ4n) is 0.537. The Labute approximate surface area is 55.1 Å². The monoisotopic (exact) mass is 128 g/mol. The second-order valence-corrected chi connectivity index (χ2v) is 2.08. The first-order valence-corrected chi connectivity index (χ1v) is 3.29. The lowest BCUT2D eigenvalue weighted by molar-refractivity contribution is 0.158. The van der Waals surface area contributed by atoms with Gasteiger partial charge in [-0.25, -0.2) is 0 Å². The van der Waals surface area contributed by atoms with Gasteiger partial charge in [-0.2, -0.15) is 5.10 Å². The predicted octanol–water partition coefficient (Wildman–Crippen LogP) is 0.372. The molecular weight excluding hydrogens is 116 g/mol. The van der Waals surface area contributed by atoms with Gasteiger partial charge in [0.2, 0.25) is 0 Å². The van der Waals surface area contributed by atoms with Crippen molar-refractivity contribution in [1.82, 2.24) is 5.43 Å². The zero-order chi connectivity index (χ0) is 6.53. The summed E-state index contributed by atoms with van der Waals surface area (Å²) in [5, 5.41) is 4.06. The Morgan fingerprint density at radius 2 is 2.44 bits per heavy atom. The molecule has 1 aliphatic rings. The van der Waals surface area contributed by atoms with Gasteiger partial charge in [0.15, 0.2) is 0 Å². The zero-order valence-electron chi connectivity index (χ0n) is 5.68. The lowest BCUT2D eigenvalue weighted by atomic mass is 10.3. The van der Waals surface area contributed by atoms with Crippen molar-refractivity contribution in [3.05, 3.63) is 0 Å². The largest absolute Gasteiger partial charge is 0.369 e. The summed E-state index contributed by atoms with van der Waals surface area (Å²) in [5.74, 6) is 0. The summed E-state index contributed by atoms with van der Waals surface area (Å²) in [6.07, 6.45) is 1.12. The molecule has 0 aromatic carbocycles. The number of ether oxygens (including phenoxy) is 1. The molecule has 0 unspecified atom stereocenters. The maximum atomic E-state index is 4.89. The third-order valence-corrected chi connectivity index (χ3v) is 1.14. The minimum Gasteiger partial charge on any atom is -0.369 e. The molecule has 0 aromatic heterocycles. The molecule has 0 aliphatic carbocycles. The maximum absolute atomic E-state index is 4.89. The quantitative estimate of drug-likeness (QED) is 0.440. The van der Waals surface area contributed by atoms with E-state index in [2.05, 4.69) is 17.5 Å². The first-order chi connectivity index (χ1) is 4.43. The molecule has 0 atom stereocenters. The molecule has 0 aromatic rings. The van der Waals surface area contributed by atoms with E-state index in [0.29, 0.717) is 0 Å². The molecule has 3 nitrogen and oxygen atoms in total. The molecule has 1 rings (SSSR count). The molecule has 1 aliphatic heterocycles. The number of nitrogens with one attached hydrogen (secondary N) is 1. The van der Waals surface area contributed by atoms with Crippen LogP contribution in [0.5, 0.6) is 0 Å². The Morgan fingerprint density at radius 3 is 2.89 bits per heavy atom. The first-order valence-electron chi connectivity index (χ1n) is 3.29. The van der Waals surface area contributed by atoms with Gasteiger partial charge in [-0.3, -0.25) is 0 Å². The summed E-state index contributed by atoms with van der Waals surface area (Å²) in [6.45, 7) is 4.52. The van der Waals surface area contributed by atoms with Gasteiger partial charge >= 0.3 is 0 Å². The fraction of sp³-hybridized carbons (Fsp3) is 0.833. The van der Waals surface area contributed by atoms with Crippen molar-refractivity contribution in [2.45, 2.75) is 13.3 Å². The van der Waals surface area contributed by atoms with Crippen LogP contribution in [0.3, 0.4) is 0 Å². The molecule has 9 heavy (non-hydrogen) atoms. The van der Waals surface area contributed by atoms with Crippen LogP contribution in [0.2, 0.25) is 0 Å². The number of hydrazone groups is 1. The third kappa shape index (κ3) is 2.01. The van der Waals surface area contributed by atoms with E-state index in [4.69, 9.17) is 4.74 Å². The molecule has 0 radical (unpaired) electrons. The Morgan fingerprint density at radius 1 is 1.67 bits per heavy atom. The van der Waals surface area contributed by atoms with E-state index in [1.807, 2.05) is 0 Å². The van der Waals surface area contributed by atoms with Gasteiger partial charge in [0.1, 0.15) is 0 Å². The van der Waals surface area contributed by atoms with E-state index in [1.165, 1.54) is 0 Å². The molecule has 1 fully saturated rings. The Kier molecular flexibility index (Phi) is 2.51. The van der Waals surface area contributed by atoms with Crippen LogP contribution in [0.1, 0.15) is 13.3 Å². The lowest BCUT2D eigenvalue weighted by Gasteiger charge is -2.15. The summed E-state index contributed by atoms with van der Waals surface area (Å²) in [5.41, 5.74) is 4.07. The summed E-state index contributed by atoms with van der Waals surface area (Å²) in [6, 6.07) is 0. The van der Waals surface area contributed by atoms with Crippen LogP contribution in [0, 0.1) is 0 Å². The van der Waals surface area contributed by atoms with Gasteiger partial charge in [0.05, 0.1) is 18.9 Å². The summed E-state index contributed by atoms with van der Waals surface area (Å²) in [7, 11) is 0. The average Bonchev–Trinajstić information content (AvgIpc) is 1.76. The molecule has 1 heterocycles. The Hall–Kier alpha value is -0.570. The van der Waals surface area contributed by atoms with E-state index in [9.17, 15) is 0 Å². The highest BCUT2D eigenvalue weighted by molar-refractivity contribution is 5.90. The highest BCUT2D eigenvalue weighted by atomic mass is 16.5. The van der Waals surface area contributed by atoms with Gasteiger partial charge < -0.3 is 10.2 Å². The van der Waals surface area contributed by atoms with Crippen molar-refractivity contribution in [3.8, 4) is 0 Å². The number of nitrogens with zero attached hydrogens (tertiary/aromatic N) is 1. The van der Waals surface area contributed by atoms with E-state index in [0.717, 1.165) is 31.9 Å². The number of rotatable bonds is 3. The van der Waals surface area contributed by atoms with Crippen LogP contribution in [0.4, 0.5) is 0 Å². The van der Waals surface area contributed by atoms with Crippen molar-refractivity contribution >= 4 is 5.71 Å². The first kappa shape index (κ1) is 6.55. The normalized spacial score (nSPS) is 16.8. The summed E-state index contributed by atoms with van der Waals surface area (Å²) < 4.78 is 4.89. The highest BCUT2D eigenvalue weighted by Gasteiger charge is 2.09. The highest BCUT2D eigenvalue weighted by Crippen LogP contribution is 1.93. The molecule has 1 N–H and O–H groups in total. The SMILES string of the molecule is CCCNN=C1COC1. The minimum atomic E-state index is 0.719. The second kappa shape index (κ2) is 3.45. The standard InChI is InChI=1S/C6H12N2O/c1-2-3-7-8-6-4-9-5-6/h7H,2-5H2,1H3. The third-order valence-electron chi connectivity index (χ3n) is 1.14. The minimum absolute atomic E-state index is 0.719. The average molecular weight is 128 g/mol. The number of hydrogen-bond acceptors (Lipinski definition) is 3. The van der Waals surface area contributed by atoms with Gasteiger partial charge in [-0.15, -0.1) is 0 Å². The smallest absolute Gasteiger partial charge is 0.0895 e. The van der Waals surface area contributed by atoms with E-state index in [1.54, 1.807) is 0 Å². The molecule has 0 bridgehead atoms. The fourth-order valence-corrected chi connectivity index (χ4v) is 0.537. The van der Waals surface area contributed by atoms with Crippen molar-refractivity contribution < 1.29 is 4.74 Å². The second-order valence-electron chi connectivity index (χ2n) is 2.08. The molecule has 0 spiro atoms. The van der Waals surface area contributed by atoms with Gasteiger partial charge in [-0.05, 0) is 6.42 Å². The van der Waals surface area contributed by atoms with Crippen molar-refractivity contribution in [1.29, 1.82) is 0 Å². The molecule has 0 saturated carbocycles. The van der Waals surface area contributed by atoms with Crippen LogP contribution in [-0.4, -0.2) is 25.5 Å². The van der Waals surface area contributed by atoms with Crippen LogP contribution < -0.4 is 5.43 Å². The topological polar surface area (TPSA) is 33.6 Å². The van der Waals surface area contributed by atoms with E-state index >= 15 is 0 Å². The molecule has 1 saturated heterocycles. The van der Waals surface area contributed by atoms with Crippen molar-refractivity contribution in [3.63, 3.8) is 0 Å². The van der Waals surface area contributed by atoms with Gasteiger partial charge in [-0.1, -0.05) is 6.92 Å². The maximum Gasteiger partial charge on any atom is 0.0895 e. The zero-order valence-corrected chi connectivity index (χ0v) is 5.68. The van der Waals surface area contributed by atoms with Gasteiger partial charge in [0, 0.05) is 6.54 Å².